The first-order valence-corrected chi connectivity index (χ1v) is 7.00. The van der Waals surface area contributed by atoms with E-state index < -0.39 is 0 Å². The summed E-state index contributed by atoms with van der Waals surface area (Å²) in [6, 6.07) is 6.11. The van der Waals surface area contributed by atoms with Crippen LogP contribution in [0, 0.1) is 0 Å². The molecule has 1 fully saturated rings. The van der Waals surface area contributed by atoms with Crippen molar-refractivity contribution in [3.05, 3.63) is 34.7 Å². The number of rotatable bonds is 2. The van der Waals surface area contributed by atoms with Crippen molar-refractivity contribution in [2.24, 2.45) is 5.73 Å². The maximum absolute atomic E-state index is 12.2. The van der Waals surface area contributed by atoms with Gasteiger partial charge in [0.25, 0.3) is 5.56 Å². The summed E-state index contributed by atoms with van der Waals surface area (Å²) in [4.78, 5) is 16.5. The maximum Gasteiger partial charge on any atom is 0.269 e. The number of hydrogen-bond acceptors (Lipinski definition) is 4. The van der Waals surface area contributed by atoms with Crippen LogP contribution in [0.1, 0.15) is 31.7 Å². The average Bonchev–Trinajstić information content (AvgIpc) is 2.48. The Morgan fingerprint density at radius 1 is 1.30 bits per heavy atom. The van der Waals surface area contributed by atoms with Gasteiger partial charge in [-0.15, -0.1) is 0 Å². The zero-order valence-corrected chi connectivity index (χ0v) is 11.6. The second-order valence-corrected chi connectivity index (χ2v) is 5.39. The van der Waals surface area contributed by atoms with Crippen molar-refractivity contribution >= 4 is 11.0 Å². The van der Waals surface area contributed by atoms with Crippen molar-refractivity contribution in [1.82, 2.24) is 9.55 Å². The van der Waals surface area contributed by atoms with Crippen LogP contribution in [-0.4, -0.2) is 22.7 Å². The van der Waals surface area contributed by atoms with Crippen LogP contribution in [0.4, 0.5) is 0 Å². The second-order valence-electron chi connectivity index (χ2n) is 5.39. The van der Waals surface area contributed by atoms with Crippen molar-refractivity contribution in [1.29, 1.82) is 0 Å². The molecule has 2 N–H and O–H groups in total. The fraction of sp³-hybridized carbons (Fsp3) is 0.467. The van der Waals surface area contributed by atoms with Crippen LogP contribution >= 0.6 is 0 Å². The van der Waals surface area contributed by atoms with Gasteiger partial charge in [-0.05, 0) is 37.8 Å². The van der Waals surface area contributed by atoms with E-state index >= 15 is 0 Å². The van der Waals surface area contributed by atoms with Crippen LogP contribution in [-0.2, 0) is 0 Å². The van der Waals surface area contributed by atoms with Gasteiger partial charge in [0.2, 0.25) is 0 Å². The Balaban J connectivity index is 2.12. The van der Waals surface area contributed by atoms with Crippen molar-refractivity contribution in [2.45, 2.75) is 37.8 Å². The molecule has 106 valence electrons. The van der Waals surface area contributed by atoms with E-state index in [0.29, 0.717) is 0 Å². The second kappa shape index (κ2) is 5.25. The lowest BCUT2D eigenvalue weighted by molar-refractivity contribution is 0.324. The molecule has 0 spiro atoms. The van der Waals surface area contributed by atoms with E-state index in [9.17, 15) is 4.79 Å². The predicted octanol–water partition coefficient (Wildman–Crippen LogP) is 1.85. The molecule has 5 heteroatoms. The number of benzene rings is 1. The molecular formula is C15H19N3O2. The van der Waals surface area contributed by atoms with Gasteiger partial charge >= 0.3 is 0 Å². The van der Waals surface area contributed by atoms with Crippen molar-refractivity contribution in [2.75, 3.05) is 7.11 Å². The Morgan fingerprint density at radius 3 is 2.75 bits per heavy atom. The molecule has 1 aliphatic carbocycles. The zero-order valence-electron chi connectivity index (χ0n) is 11.6. The molecule has 1 aliphatic rings. The van der Waals surface area contributed by atoms with Gasteiger partial charge in [0.15, 0.2) is 0 Å². The van der Waals surface area contributed by atoms with E-state index in [2.05, 4.69) is 4.98 Å². The van der Waals surface area contributed by atoms with Crippen molar-refractivity contribution in [3.63, 3.8) is 0 Å². The maximum atomic E-state index is 12.2. The number of nitrogens with zero attached hydrogens (tertiary/aromatic N) is 2. The largest absolute Gasteiger partial charge is 0.497 e. The summed E-state index contributed by atoms with van der Waals surface area (Å²) in [5, 5.41) is 0. The summed E-state index contributed by atoms with van der Waals surface area (Å²) in [6.07, 6.45) is 5.22. The molecule has 3 rings (SSSR count). The lowest BCUT2D eigenvalue weighted by atomic mass is 9.91. The van der Waals surface area contributed by atoms with E-state index in [1.54, 1.807) is 7.11 Å². The first-order chi connectivity index (χ1) is 9.69. The fourth-order valence-electron chi connectivity index (χ4n) is 2.97. The van der Waals surface area contributed by atoms with Gasteiger partial charge in [0.05, 0.1) is 24.3 Å². The Hall–Kier alpha value is -1.88. The highest BCUT2D eigenvalue weighted by atomic mass is 16.5. The van der Waals surface area contributed by atoms with Gasteiger partial charge in [-0.1, -0.05) is 0 Å². The number of nitrogens with two attached hydrogens (primary N) is 1. The zero-order chi connectivity index (χ0) is 14.1. The molecule has 2 aromatic rings. The fourth-order valence-corrected chi connectivity index (χ4v) is 2.97. The summed E-state index contributed by atoms with van der Waals surface area (Å²) < 4.78 is 7.12. The van der Waals surface area contributed by atoms with Gasteiger partial charge in [-0.3, -0.25) is 4.79 Å². The summed E-state index contributed by atoms with van der Waals surface area (Å²) in [5.74, 6) is 0.742. The molecule has 0 bridgehead atoms. The molecule has 0 unspecified atom stereocenters. The van der Waals surface area contributed by atoms with Crippen LogP contribution < -0.4 is 16.0 Å². The highest BCUT2D eigenvalue weighted by Gasteiger charge is 2.22. The normalized spacial score (nSPS) is 22.9. The molecule has 0 aliphatic heterocycles. The van der Waals surface area contributed by atoms with Crippen molar-refractivity contribution in [3.8, 4) is 5.75 Å². The van der Waals surface area contributed by atoms with E-state index in [1.165, 1.54) is 6.20 Å². The Morgan fingerprint density at radius 2 is 2.05 bits per heavy atom. The molecule has 0 saturated heterocycles. The lowest BCUT2D eigenvalue weighted by Crippen LogP contribution is -2.32. The average molecular weight is 273 g/mol. The first-order valence-electron chi connectivity index (χ1n) is 7.00. The van der Waals surface area contributed by atoms with Gasteiger partial charge in [0, 0.05) is 18.2 Å². The number of aromatic nitrogens is 2. The van der Waals surface area contributed by atoms with E-state index in [0.717, 1.165) is 42.5 Å². The lowest BCUT2D eigenvalue weighted by Gasteiger charge is -2.28. The molecule has 20 heavy (non-hydrogen) atoms. The third-order valence-electron chi connectivity index (χ3n) is 4.10. The molecule has 0 radical (unpaired) electrons. The highest BCUT2D eigenvalue weighted by molar-refractivity contribution is 5.76. The van der Waals surface area contributed by atoms with Crippen LogP contribution in [0.15, 0.2) is 29.2 Å². The number of ether oxygens (including phenoxy) is 1. The van der Waals surface area contributed by atoms with Crippen LogP contribution in [0.3, 0.4) is 0 Å². The minimum Gasteiger partial charge on any atom is -0.497 e. The smallest absolute Gasteiger partial charge is 0.269 e. The molecule has 1 heterocycles. The quantitative estimate of drug-likeness (QED) is 0.906. The summed E-state index contributed by atoms with van der Waals surface area (Å²) in [7, 11) is 1.62. The molecule has 1 aromatic heterocycles. The third kappa shape index (κ3) is 2.29. The summed E-state index contributed by atoms with van der Waals surface area (Å²) in [6.45, 7) is 0. The Labute approximate surface area is 117 Å². The SMILES string of the molecule is COc1ccc2ncc(=O)n(C3CCC(N)CC3)c2c1. The van der Waals surface area contributed by atoms with Crippen LogP contribution in [0.5, 0.6) is 5.75 Å². The molecule has 5 nitrogen and oxygen atoms in total. The van der Waals surface area contributed by atoms with Crippen LogP contribution in [0.2, 0.25) is 0 Å². The number of fused-ring (bicyclic) bond motifs is 1. The van der Waals surface area contributed by atoms with Crippen molar-refractivity contribution < 1.29 is 4.74 Å². The summed E-state index contributed by atoms with van der Waals surface area (Å²) in [5.41, 5.74) is 7.57. The first kappa shape index (κ1) is 13.1. The Kier molecular flexibility index (Phi) is 3.44. The topological polar surface area (TPSA) is 70.1 Å². The van der Waals surface area contributed by atoms with Gasteiger partial charge in [-0.2, -0.15) is 0 Å². The van der Waals surface area contributed by atoms with Gasteiger partial charge < -0.3 is 15.0 Å². The van der Waals surface area contributed by atoms with E-state index in [1.807, 2.05) is 22.8 Å². The number of hydrogen-bond donors (Lipinski definition) is 1. The van der Waals surface area contributed by atoms with E-state index in [-0.39, 0.29) is 17.6 Å². The summed E-state index contributed by atoms with van der Waals surface area (Å²) >= 11 is 0. The van der Waals surface area contributed by atoms with Gasteiger partial charge in [0.1, 0.15) is 5.75 Å². The molecule has 0 amide bonds. The highest BCUT2D eigenvalue weighted by Crippen LogP contribution is 2.29. The minimum atomic E-state index is -0.0498. The molecular weight excluding hydrogens is 254 g/mol. The number of methoxy groups -OCH3 is 1. The van der Waals surface area contributed by atoms with E-state index in [4.69, 9.17) is 10.5 Å². The molecule has 1 saturated carbocycles. The predicted molar refractivity (Wildman–Crippen MR) is 78.0 cm³/mol. The monoisotopic (exact) mass is 273 g/mol. The molecule has 1 aromatic carbocycles. The minimum absolute atomic E-state index is 0.0498. The van der Waals surface area contributed by atoms with Crippen LogP contribution in [0.25, 0.3) is 11.0 Å². The third-order valence-corrected chi connectivity index (χ3v) is 4.10. The molecule has 0 atom stereocenters. The Bertz CT molecular complexity index is 672. The van der Waals surface area contributed by atoms with Gasteiger partial charge in [-0.25, -0.2) is 4.98 Å². The standard InChI is InChI=1S/C15H19N3O2/c1-20-12-6-7-13-14(8-12)18(15(19)9-17-13)11-4-2-10(16)3-5-11/h6-11H,2-5,16H2,1H3.